The quantitative estimate of drug-likeness (QED) is 0.0353. The zero-order valence-electron chi connectivity index (χ0n) is 51.3. The normalized spacial score (nSPS) is 15.5. The summed E-state index contributed by atoms with van der Waals surface area (Å²) in [4.78, 5) is 24.2. The van der Waals surface area contributed by atoms with E-state index in [4.69, 9.17) is 33.9 Å². The molecule has 0 fully saturated rings. The molecule has 0 spiro atoms. The summed E-state index contributed by atoms with van der Waals surface area (Å²) in [6, 6.07) is 19.8. The van der Waals surface area contributed by atoms with E-state index < -0.39 is 38.3 Å². The fourth-order valence-corrected chi connectivity index (χ4v) is 13.3. The molecule has 2 aliphatic carbocycles. The zero-order chi connectivity index (χ0) is 57.9. The summed E-state index contributed by atoms with van der Waals surface area (Å²) in [7, 11) is -3.37. The Morgan fingerprint density at radius 2 is 0.886 bits per heavy atom. The van der Waals surface area contributed by atoms with E-state index >= 15 is 0 Å². The summed E-state index contributed by atoms with van der Waals surface area (Å²) in [5.41, 5.74) is 12.2. The number of carboxylic acids is 1. The van der Waals surface area contributed by atoms with Crippen molar-refractivity contribution in [2.24, 2.45) is 10.8 Å². The van der Waals surface area contributed by atoms with Crippen LogP contribution in [0.2, 0.25) is 103 Å². The van der Waals surface area contributed by atoms with E-state index in [1.165, 1.54) is 29.6 Å². The highest BCUT2D eigenvalue weighted by molar-refractivity contribution is 6.77. The van der Waals surface area contributed by atoms with Gasteiger partial charge in [0.15, 0.2) is 0 Å². The molecule has 0 radical (unpaired) electrons. The number of ether oxygens (including phenoxy) is 5. The van der Waals surface area contributed by atoms with Crippen LogP contribution in [-0.2, 0) is 76.3 Å². The highest BCUT2D eigenvalue weighted by Crippen LogP contribution is 2.42. The van der Waals surface area contributed by atoms with Crippen LogP contribution in [0.4, 0.5) is 0 Å². The van der Waals surface area contributed by atoms with Crippen molar-refractivity contribution in [2.45, 2.75) is 196 Å². The monoisotopic (exact) mass is 1150 g/mol. The number of benzene rings is 2. The first kappa shape index (κ1) is 62.2. The van der Waals surface area contributed by atoms with E-state index in [1.807, 2.05) is 24.3 Å². The molecule has 0 saturated carbocycles. The Bertz CT molecular complexity index is 3080. The maximum absolute atomic E-state index is 12.4. The van der Waals surface area contributed by atoms with E-state index in [9.17, 15) is 14.7 Å². The van der Waals surface area contributed by atoms with Crippen LogP contribution in [-0.4, -0.2) is 112 Å². The van der Waals surface area contributed by atoms with Gasteiger partial charge in [-0.05, 0) is 110 Å². The molecule has 8 rings (SSSR count). The summed E-state index contributed by atoms with van der Waals surface area (Å²) < 4.78 is 38.3. The SMILES string of the molecule is CC1(C)CCc2c(-c3cc4ccc(C(=O)O)cc4n3COCC[Si](C)(C)C)nn(COCC[Si](C)(C)C)c2C1.COC(=O)c1ccc2cc(-c3nn(COCC[Si](C)(C)C)c4c3CCC(C)(C)C4)n(COCC[Si](C)(C)C)c2c1. The first-order valence-electron chi connectivity index (χ1n) is 28.9. The molecule has 1 N–H and O–H groups in total. The molecular weight excluding hydrogens is 1060 g/mol. The van der Waals surface area contributed by atoms with E-state index in [2.05, 4.69) is 137 Å². The van der Waals surface area contributed by atoms with E-state index in [0.717, 1.165) is 127 Å². The number of carboxylic acid groups (broad SMARTS) is 1. The van der Waals surface area contributed by atoms with Crippen LogP contribution in [0.15, 0.2) is 48.5 Å². The number of hydrogen-bond donors (Lipinski definition) is 1. The lowest BCUT2D eigenvalue weighted by atomic mass is 9.76. The largest absolute Gasteiger partial charge is 0.478 e. The smallest absolute Gasteiger partial charge is 0.337 e. The van der Waals surface area contributed by atoms with Gasteiger partial charge >= 0.3 is 11.9 Å². The number of hydrogen-bond acceptors (Lipinski definition) is 9. The predicted octanol–water partition coefficient (Wildman–Crippen LogP) is 14.8. The molecule has 6 aromatic rings. The number of esters is 1. The number of aromatic carboxylic acids is 1. The molecule has 4 heterocycles. The molecule has 0 unspecified atom stereocenters. The van der Waals surface area contributed by atoms with Crippen molar-refractivity contribution in [3.63, 3.8) is 0 Å². The molecule has 2 aliphatic rings. The van der Waals surface area contributed by atoms with Gasteiger partial charge in [-0.3, -0.25) is 0 Å². The van der Waals surface area contributed by atoms with Crippen LogP contribution < -0.4 is 0 Å². The highest BCUT2D eigenvalue weighted by atomic mass is 28.3. The van der Waals surface area contributed by atoms with Gasteiger partial charge in [-0.1, -0.05) is 118 Å². The minimum absolute atomic E-state index is 0.212. The molecule has 18 heteroatoms. The van der Waals surface area contributed by atoms with Gasteiger partial charge < -0.3 is 37.9 Å². The van der Waals surface area contributed by atoms with Crippen molar-refractivity contribution in [3.05, 3.63) is 82.2 Å². The zero-order valence-corrected chi connectivity index (χ0v) is 55.3. The summed E-state index contributed by atoms with van der Waals surface area (Å²) in [6.45, 7) is 42.4. The summed E-state index contributed by atoms with van der Waals surface area (Å²) in [6.07, 6.45) is 6.11. The van der Waals surface area contributed by atoms with Crippen molar-refractivity contribution >= 4 is 66.0 Å². The van der Waals surface area contributed by atoms with Crippen molar-refractivity contribution in [3.8, 4) is 22.8 Å². The maximum atomic E-state index is 12.4. The Labute approximate surface area is 475 Å². The second-order valence-electron chi connectivity index (χ2n) is 28.9. The van der Waals surface area contributed by atoms with E-state index in [-0.39, 0.29) is 22.4 Å². The lowest BCUT2D eigenvalue weighted by Crippen LogP contribution is -2.25. The molecule has 14 nitrogen and oxygen atoms in total. The first-order valence-corrected chi connectivity index (χ1v) is 43.7. The van der Waals surface area contributed by atoms with Crippen molar-refractivity contribution < 1.29 is 38.4 Å². The summed E-state index contributed by atoms with van der Waals surface area (Å²) in [5.74, 6) is -1.26. The second kappa shape index (κ2) is 25.0. The molecule has 4 aromatic heterocycles. The van der Waals surface area contributed by atoms with E-state index in [0.29, 0.717) is 39.1 Å². The van der Waals surface area contributed by atoms with Gasteiger partial charge in [-0.25, -0.2) is 19.0 Å². The van der Waals surface area contributed by atoms with Crippen molar-refractivity contribution in [2.75, 3.05) is 33.5 Å². The Hall–Kier alpha value is -4.41. The van der Waals surface area contributed by atoms with Crippen LogP contribution >= 0.6 is 0 Å². The number of carbonyl (C=O) groups is 2. The lowest BCUT2D eigenvalue weighted by Gasteiger charge is -2.30. The molecule has 0 amide bonds. The Kier molecular flexibility index (Phi) is 19.7. The standard InChI is InChI=1S/C31H49N3O4Si2.C30H47N3O4Si2/c1-31(2)13-12-25-28(20-31)34(22-38-15-17-40(7,8)9)32-29(25)27-18-23-10-11-24(30(35)36-3)19-26(23)33(27)21-37-14-16-39(4,5)6;1-30(2)12-11-24-27(19-30)33(21-37-14-16-39(6,7)8)31-28(24)26-17-22-9-10-23(29(34)35)18-25(22)32(26)20-36-13-15-38(3,4)5/h10-11,18-19H,12-17,20-22H2,1-9H3;9-10,17-18H,11-16,19-21H2,1-8H3,(H,34,35). The minimum atomic E-state index is -1.23. The van der Waals surface area contributed by atoms with Crippen molar-refractivity contribution in [1.82, 2.24) is 28.7 Å². The number of nitrogens with zero attached hydrogens (tertiary/aromatic N) is 6. The van der Waals surface area contributed by atoms with Crippen LogP contribution in [0.5, 0.6) is 0 Å². The molecule has 0 aliphatic heterocycles. The van der Waals surface area contributed by atoms with Gasteiger partial charge in [0.25, 0.3) is 0 Å². The van der Waals surface area contributed by atoms with Crippen molar-refractivity contribution in [1.29, 1.82) is 0 Å². The van der Waals surface area contributed by atoms with Gasteiger partial charge in [-0.2, -0.15) is 10.2 Å². The molecule has 0 atom stereocenters. The second-order valence-corrected chi connectivity index (χ2v) is 51.4. The van der Waals surface area contributed by atoms with Crippen LogP contribution in [0, 0.1) is 10.8 Å². The van der Waals surface area contributed by atoms with Crippen LogP contribution in [0.3, 0.4) is 0 Å². The molecular formula is C61H96N6O8Si4. The number of methoxy groups -OCH3 is 1. The molecule has 434 valence electrons. The average Bonchev–Trinajstić information content (AvgIpc) is 4.31. The molecule has 0 saturated heterocycles. The first-order chi connectivity index (χ1) is 36.8. The van der Waals surface area contributed by atoms with Crippen LogP contribution in [0.25, 0.3) is 44.6 Å². The summed E-state index contributed by atoms with van der Waals surface area (Å²) in [5, 5.41) is 22.1. The molecule has 2 aromatic carbocycles. The third-order valence-electron chi connectivity index (χ3n) is 15.5. The topological polar surface area (TPSA) is 146 Å². The number of fused-ring (bicyclic) bond motifs is 4. The Morgan fingerprint density at radius 3 is 1.24 bits per heavy atom. The highest BCUT2D eigenvalue weighted by Gasteiger charge is 2.35. The van der Waals surface area contributed by atoms with Gasteiger partial charge in [-0.15, -0.1) is 0 Å². The van der Waals surface area contributed by atoms with Gasteiger partial charge in [0.05, 0.1) is 40.7 Å². The molecule has 79 heavy (non-hydrogen) atoms. The fourth-order valence-electron chi connectivity index (χ4n) is 10.3. The molecule has 0 bridgehead atoms. The number of carbonyl (C=O) groups excluding carboxylic acids is 1. The number of rotatable bonds is 24. The fraction of sp³-hybridized carbons (Fsp3) is 0.607. The lowest BCUT2D eigenvalue weighted by molar-refractivity contribution is 0.0599. The Morgan fingerprint density at radius 1 is 0.532 bits per heavy atom. The third kappa shape index (κ3) is 16.9. The van der Waals surface area contributed by atoms with Gasteiger partial charge in [0.2, 0.25) is 0 Å². The third-order valence-corrected chi connectivity index (χ3v) is 22.4. The van der Waals surface area contributed by atoms with E-state index in [1.54, 1.807) is 12.1 Å². The summed E-state index contributed by atoms with van der Waals surface area (Å²) >= 11 is 0. The minimum Gasteiger partial charge on any atom is -0.478 e. The van der Waals surface area contributed by atoms with Gasteiger partial charge in [0, 0.05) is 92.0 Å². The van der Waals surface area contributed by atoms with Crippen LogP contribution in [0.1, 0.15) is 83.8 Å². The Balaban J connectivity index is 0.000000229. The van der Waals surface area contributed by atoms with Gasteiger partial charge in [0.1, 0.15) is 38.3 Å². The maximum Gasteiger partial charge on any atom is 0.337 e. The average molecular weight is 1150 g/mol. The predicted molar refractivity (Wildman–Crippen MR) is 333 cm³/mol. The number of aromatic nitrogens is 6.